The standard InChI is InChI=1S/C9H7ClN2O2/c10-8-5-4-6(11)7(12-8)2-1-3-9(13)14/h4-5H,3,11H2,(H,13,14). The van der Waals surface area contributed by atoms with E-state index in [1.165, 1.54) is 0 Å². The number of hydrogen-bond acceptors (Lipinski definition) is 3. The SMILES string of the molecule is Nc1ccc(Cl)nc1C#CCC(=O)O. The average molecular weight is 211 g/mol. The summed E-state index contributed by atoms with van der Waals surface area (Å²) in [5.74, 6) is 3.96. The van der Waals surface area contributed by atoms with Crippen LogP contribution in [0, 0.1) is 11.8 Å². The van der Waals surface area contributed by atoms with Gasteiger partial charge in [0.1, 0.15) is 17.3 Å². The van der Waals surface area contributed by atoms with Gasteiger partial charge in [-0.05, 0) is 18.1 Å². The fourth-order valence-electron chi connectivity index (χ4n) is 0.750. The van der Waals surface area contributed by atoms with Crippen molar-refractivity contribution in [3.8, 4) is 11.8 Å². The van der Waals surface area contributed by atoms with Crippen molar-refractivity contribution in [1.82, 2.24) is 4.98 Å². The minimum absolute atomic E-state index is 0.242. The highest BCUT2D eigenvalue weighted by atomic mass is 35.5. The van der Waals surface area contributed by atoms with E-state index in [9.17, 15) is 4.79 Å². The van der Waals surface area contributed by atoms with E-state index in [0.29, 0.717) is 11.4 Å². The molecule has 0 aliphatic carbocycles. The lowest BCUT2D eigenvalue weighted by atomic mass is 10.3. The molecule has 14 heavy (non-hydrogen) atoms. The Balaban J connectivity index is 2.88. The number of hydrogen-bond donors (Lipinski definition) is 2. The molecule has 0 amide bonds. The summed E-state index contributed by atoms with van der Waals surface area (Å²) >= 11 is 5.61. The number of nitrogens with zero attached hydrogens (tertiary/aromatic N) is 1. The Morgan fingerprint density at radius 3 is 3.00 bits per heavy atom. The number of carboxylic acid groups (broad SMARTS) is 1. The molecule has 0 radical (unpaired) electrons. The minimum atomic E-state index is -0.988. The summed E-state index contributed by atoms with van der Waals surface area (Å²) in [5, 5.41) is 8.61. The second-order valence-electron chi connectivity index (χ2n) is 2.44. The molecule has 0 unspecified atom stereocenters. The normalized spacial score (nSPS) is 8.93. The molecule has 1 aromatic heterocycles. The van der Waals surface area contributed by atoms with E-state index in [-0.39, 0.29) is 11.6 Å². The molecular formula is C9H7ClN2O2. The average Bonchev–Trinajstić information content (AvgIpc) is 2.10. The topological polar surface area (TPSA) is 76.2 Å². The van der Waals surface area contributed by atoms with Crippen molar-refractivity contribution in [3.05, 3.63) is 23.0 Å². The molecule has 1 heterocycles. The number of aliphatic carboxylic acids is 1. The summed E-state index contributed by atoms with van der Waals surface area (Å²) in [5.41, 5.74) is 6.22. The number of halogens is 1. The molecule has 3 N–H and O–H groups in total. The van der Waals surface area contributed by atoms with Crippen LogP contribution in [-0.2, 0) is 4.79 Å². The van der Waals surface area contributed by atoms with Crippen LogP contribution in [0.3, 0.4) is 0 Å². The first kappa shape index (κ1) is 10.4. The van der Waals surface area contributed by atoms with Gasteiger partial charge in [0.2, 0.25) is 0 Å². The molecule has 5 heteroatoms. The summed E-state index contributed by atoms with van der Waals surface area (Å²) in [6, 6.07) is 3.11. The predicted molar refractivity (Wildman–Crippen MR) is 52.8 cm³/mol. The second kappa shape index (κ2) is 4.49. The van der Waals surface area contributed by atoms with Crippen LogP contribution in [0.1, 0.15) is 12.1 Å². The molecule has 0 aliphatic heterocycles. The number of anilines is 1. The zero-order chi connectivity index (χ0) is 10.6. The number of nitrogen functional groups attached to an aromatic ring is 1. The molecule has 72 valence electrons. The molecule has 0 aromatic carbocycles. The van der Waals surface area contributed by atoms with Crippen LogP contribution in [0.2, 0.25) is 5.15 Å². The fraction of sp³-hybridized carbons (Fsp3) is 0.111. The molecule has 0 aliphatic rings. The smallest absolute Gasteiger partial charge is 0.315 e. The molecule has 0 saturated heterocycles. The number of carboxylic acids is 1. The van der Waals surface area contributed by atoms with Crippen LogP contribution in [-0.4, -0.2) is 16.1 Å². The van der Waals surface area contributed by atoms with E-state index in [1.807, 2.05) is 0 Å². The summed E-state index contributed by atoms with van der Waals surface area (Å²) in [6.07, 6.45) is -0.242. The Kier molecular flexibility index (Phi) is 3.32. The number of carbonyl (C=O) groups is 1. The lowest BCUT2D eigenvalue weighted by Crippen LogP contribution is -1.94. The van der Waals surface area contributed by atoms with Crippen molar-refractivity contribution in [2.45, 2.75) is 6.42 Å². The maximum absolute atomic E-state index is 10.2. The van der Waals surface area contributed by atoms with Crippen molar-refractivity contribution in [2.75, 3.05) is 5.73 Å². The molecule has 0 atom stereocenters. The Bertz CT molecular complexity index is 421. The van der Waals surface area contributed by atoms with E-state index in [2.05, 4.69) is 16.8 Å². The van der Waals surface area contributed by atoms with Crippen molar-refractivity contribution >= 4 is 23.3 Å². The van der Waals surface area contributed by atoms with Gasteiger partial charge in [-0.3, -0.25) is 4.79 Å². The first-order valence-corrected chi connectivity index (χ1v) is 4.10. The zero-order valence-electron chi connectivity index (χ0n) is 7.12. The first-order chi connectivity index (χ1) is 6.59. The van der Waals surface area contributed by atoms with Crippen LogP contribution in [0.4, 0.5) is 5.69 Å². The third kappa shape index (κ3) is 2.96. The van der Waals surface area contributed by atoms with Crippen molar-refractivity contribution in [2.24, 2.45) is 0 Å². The van der Waals surface area contributed by atoms with Gasteiger partial charge in [-0.15, -0.1) is 0 Å². The van der Waals surface area contributed by atoms with Gasteiger partial charge < -0.3 is 10.8 Å². The number of rotatable bonds is 1. The molecule has 4 nitrogen and oxygen atoms in total. The van der Waals surface area contributed by atoms with Gasteiger partial charge in [0.25, 0.3) is 0 Å². The highest BCUT2D eigenvalue weighted by Crippen LogP contribution is 2.11. The maximum atomic E-state index is 10.2. The van der Waals surface area contributed by atoms with E-state index in [1.54, 1.807) is 12.1 Å². The largest absolute Gasteiger partial charge is 0.481 e. The van der Waals surface area contributed by atoms with Gasteiger partial charge in [0.15, 0.2) is 0 Å². The van der Waals surface area contributed by atoms with Gasteiger partial charge in [0, 0.05) is 0 Å². The Morgan fingerprint density at radius 1 is 1.64 bits per heavy atom. The van der Waals surface area contributed by atoms with E-state index < -0.39 is 5.97 Å². The number of nitrogens with two attached hydrogens (primary N) is 1. The van der Waals surface area contributed by atoms with Crippen LogP contribution in [0.15, 0.2) is 12.1 Å². The van der Waals surface area contributed by atoms with Crippen molar-refractivity contribution in [1.29, 1.82) is 0 Å². The van der Waals surface area contributed by atoms with Crippen molar-refractivity contribution in [3.63, 3.8) is 0 Å². The Labute approximate surface area is 85.7 Å². The van der Waals surface area contributed by atoms with Crippen LogP contribution in [0.5, 0.6) is 0 Å². The predicted octanol–water partition coefficient (Wildman–Crippen LogP) is 1.14. The Hall–Kier alpha value is -1.73. The van der Waals surface area contributed by atoms with E-state index in [4.69, 9.17) is 22.4 Å². The molecule has 0 spiro atoms. The molecule has 0 fully saturated rings. The van der Waals surface area contributed by atoms with Crippen LogP contribution in [0.25, 0.3) is 0 Å². The Morgan fingerprint density at radius 2 is 2.36 bits per heavy atom. The minimum Gasteiger partial charge on any atom is -0.481 e. The zero-order valence-corrected chi connectivity index (χ0v) is 7.88. The summed E-state index contributed by atoms with van der Waals surface area (Å²) < 4.78 is 0. The summed E-state index contributed by atoms with van der Waals surface area (Å²) in [7, 11) is 0. The van der Waals surface area contributed by atoms with E-state index >= 15 is 0 Å². The molecule has 0 saturated carbocycles. The summed E-state index contributed by atoms with van der Waals surface area (Å²) in [4.78, 5) is 14.0. The lowest BCUT2D eigenvalue weighted by molar-refractivity contribution is -0.135. The van der Waals surface area contributed by atoms with Gasteiger partial charge in [-0.25, -0.2) is 4.98 Å². The first-order valence-electron chi connectivity index (χ1n) is 3.72. The van der Waals surface area contributed by atoms with E-state index in [0.717, 1.165) is 0 Å². The lowest BCUT2D eigenvalue weighted by Gasteiger charge is -1.96. The molecular weight excluding hydrogens is 204 g/mol. The van der Waals surface area contributed by atoms with Crippen LogP contribution < -0.4 is 5.73 Å². The highest BCUT2D eigenvalue weighted by Gasteiger charge is 1.98. The molecule has 1 rings (SSSR count). The van der Waals surface area contributed by atoms with Gasteiger partial charge in [0.05, 0.1) is 5.69 Å². The molecule has 0 bridgehead atoms. The number of pyridine rings is 1. The van der Waals surface area contributed by atoms with Crippen LogP contribution >= 0.6 is 11.6 Å². The third-order valence-corrected chi connectivity index (χ3v) is 1.55. The molecule has 1 aromatic rings. The van der Waals surface area contributed by atoms with Crippen molar-refractivity contribution < 1.29 is 9.90 Å². The second-order valence-corrected chi connectivity index (χ2v) is 2.83. The fourth-order valence-corrected chi connectivity index (χ4v) is 0.897. The maximum Gasteiger partial charge on any atom is 0.315 e. The van der Waals surface area contributed by atoms with Gasteiger partial charge >= 0.3 is 5.97 Å². The van der Waals surface area contributed by atoms with Gasteiger partial charge in [-0.2, -0.15) is 0 Å². The third-order valence-electron chi connectivity index (χ3n) is 1.34. The number of aromatic nitrogens is 1. The van der Waals surface area contributed by atoms with Gasteiger partial charge in [-0.1, -0.05) is 17.5 Å². The quantitative estimate of drug-likeness (QED) is 0.539. The highest BCUT2D eigenvalue weighted by molar-refractivity contribution is 6.29. The monoisotopic (exact) mass is 210 g/mol. The summed E-state index contributed by atoms with van der Waals surface area (Å²) in [6.45, 7) is 0.